The molecule has 0 bridgehead atoms. The Balaban J connectivity index is 1.69. The van der Waals surface area contributed by atoms with Crippen LogP contribution < -0.4 is 4.90 Å². The van der Waals surface area contributed by atoms with Crippen molar-refractivity contribution in [2.24, 2.45) is 0 Å². The third-order valence-corrected chi connectivity index (χ3v) is 6.18. The number of benzene rings is 1. The maximum atomic E-state index is 12.7. The fourth-order valence-corrected chi connectivity index (χ4v) is 4.41. The molecule has 2 aliphatic rings. The summed E-state index contributed by atoms with van der Waals surface area (Å²) in [5.74, 6) is 1.52. The van der Waals surface area contributed by atoms with Crippen molar-refractivity contribution in [1.29, 1.82) is 0 Å². The first kappa shape index (κ1) is 18.9. The number of nitrogens with zero attached hydrogens (tertiary/aromatic N) is 5. The Kier molecular flexibility index (Phi) is 4.25. The van der Waals surface area contributed by atoms with E-state index in [0.717, 1.165) is 53.5 Å². The van der Waals surface area contributed by atoms with Crippen molar-refractivity contribution in [1.82, 2.24) is 19.7 Å². The van der Waals surface area contributed by atoms with Crippen LogP contribution in [0.2, 0.25) is 0 Å². The number of fused-ring (bicyclic) bond motifs is 1. The van der Waals surface area contributed by atoms with Crippen molar-refractivity contribution in [3.8, 4) is 17.1 Å². The van der Waals surface area contributed by atoms with Gasteiger partial charge in [0.05, 0.1) is 16.8 Å². The van der Waals surface area contributed by atoms with Crippen molar-refractivity contribution < 1.29 is 9.53 Å². The molecule has 0 N–H and O–H groups in total. The van der Waals surface area contributed by atoms with E-state index in [0.29, 0.717) is 5.82 Å². The Labute approximate surface area is 175 Å². The van der Waals surface area contributed by atoms with Gasteiger partial charge >= 0.3 is 0 Å². The largest absolute Gasteiger partial charge is 0.370 e. The van der Waals surface area contributed by atoms with Gasteiger partial charge < -0.3 is 9.64 Å². The predicted molar refractivity (Wildman–Crippen MR) is 114 cm³/mol. The third kappa shape index (κ3) is 2.76. The zero-order chi connectivity index (χ0) is 21.0. The second-order valence-electron chi connectivity index (χ2n) is 8.54. The van der Waals surface area contributed by atoms with Crippen molar-refractivity contribution in [2.75, 3.05) is 18.6 Å². The number of aromatic nitrogens is 4. The van der Waals surface area contributed by atoms with Crippen LogP contribution in [0.15, 0.2) is 36.5 Å². The molecule has 5 rings (SSSR count). The second-order valence-corrected chi connectivity index (χ2v) is 8.54. The molecule has 1 atom stereocenters. The number of carbonyl (C=O) groups is 1. The molecule has 1 unspecified atom stereocenters. The molecular weight excluding hydrogens is 378 g/mol. The van der Waals surface area contributed by atoms with Crippen LogP contribution in [0, 0.1) is 6.92 Å². The van der Waals surface area contributed by atoms with Gasteiger partial charge in [0.2, 0.25) is 5.91 Å². The number of anilines is 1. The number of amides is 1. The Hall–Kier alpha value is -3.06. The molecule has 1 fully saturated rings. The van der Waals surface area contributed by atoms with Crippen molar-refractivity contribution in [3.63, 3.8) is 0 Å². The number of ether oxygens (including phenoxy) is 1. The molecule has 1 amide bonds. The lowest BCUT2D eigenvalue weighted by Crippen LogP contribution is -2.33. The van der Waals surface area contributed by atoms with Gasteiger partial charge in [-0.2, -0.15) is 0 Å². The average molecular weight is 403 g/mol. The molecule has 0 spiro atoms. The van der Waals surface area contributed by atoms with Gasteiger partial charge in [-0.1, -0.05) is 0 Å². The van der Waals surface area contributed by atoms with Gasteiger partial charge in [0.1, 0.15) is 6.10 Å². The Morgan fingerprint density at radius 1 is 1.20 bits per heavy atom. The minimum atomic E-state index is -0.577. The lowest BCUT2D eigenvalue weighted by molar-refractivity contribution is -0.121. The maximum absolute atomic E-state index is 12.7. The lowest BCUT2D eigenvalue weighted by atomic mass is 9.85. The van der Waals surface area contributed by atoms with Crippen LogP contribution in [0.5, 0.6) is 0 Å². The SMILES string of the molecule is Cc1ncccc1-n1nc(C2CCCO2)nc1-c1ccc2c(c1)C(C)(C)C(=O)N2C. The fourth-order valence-electron chi connectivity index (χ4n) is 4.41. The summed E-state index contributed by atoms with van der Waals surface area (Å²) in [5, 5.41) is 4.82. The van der Waals surface area contributed by atoms with Gasteiger partial charge in [0.15, 0.2) is 11.6 Å². The van der Waals surface area contributed by atoms with Crippen molar-refractivity contribution in [2.45, 2.75) is 45.1 Å². The smallest absolute Gasteiger partial charge is 0.236 e. The first-order chi connectivity index (χ1) is 14.4. The normalized spacial score (nSPS) is 20.1. The first-order valence-corrected chi connectivity index (χ1v) is 10.3. The summed E-state index contributed by atoms with van der Waals surface area (Å²) in [4.78, 5) is 23.8. The molecule has 4 heterocycles. The van der Waals surface area contributed by atoms with Gasteiger partial charge in [0, 0.05) is 31.1 Å². The Morgan fingerprint density at radius 2 is 2.03 bits per heavy atom. The summed E-state index contributed by atoms with van der Waals surface area (Å²) >= 11 is 0. The molecule has 1 aromatic carbocycles. The van der Waals surface area contributed by atoms with Crippen LogP contribution in [0.25, 0.3) is 17.1 Å². The summed E-state index contributed by atoms with van der Waals surface area (Å²) in [7, 11) is 1.83. The van der Waals surface area contributed by atoms with Crippen LogP contribution in [0.4, 0.5) is 5.69 Å². The minimum Gasteiger partial charge on any atom is -0.370 e. The highest BCUT2D eigenvalue weighted by atomic mass is 16.5. The van der Waals surface area contributed by atoms with E-state index < -0.39 is 5.41 Å². The summed E-state index contributed by atoms with van der Waals surface area (Å²) in [6, 6.07) is 9.98. The predicted octanol–water partition coefficient (Wildman–Crippen LogP) is 3.74. The van der Waals surface area contributed by atoms with Crippen LogP contribution >= 0.6 is 0 Å². The number of hydrogen-bond acceptors (Lipinski definition) is 5. The molecule has 3 aromatic rings. The molecule has 2 aliphatic heterocycles. The molecule has 0 aliphatic carbocycles. The van der Waals surface area contributed by atoms with Gasteiger partial charge in [-0.3, -0.25) is 9.78 Å². The number of likely N-dealkylation sites (N-methyl/N-ethyl adjacent to an activating group) is 1. The average Bonchev–Trinajstić information content (AvgIpc) is 3.45. The number of aryl methyl sites for hydroxylation is 1. The summed E-state index contributed by atoms with van der Waals surface area (Å²) in [6.45, 7) is 6.64. The van der Waals surface area contributed by atoms with E-state index in [4.69, 9.17) is 14.8 Å². The Bertz CT molecular complexity index is 1140. The van der Waals surface area contributed by atoms with Crippen LogP contribution in [0.3, 0.4) is 0 Å². The number of pyridine rings is 1. The molecule has 1 saturated heterocycles. The molecule has 154 valence electrons. The number of hydrogen-bond donors (Lipinski definition) is 0. The first-order valence-electron chi connectivity index (χ1n) is 10.3. The topological polar surface area (TPSA) is 73.1 Å². The van der Waals surface area contributed by atoms with Gasteiger partial charge in [0.25, 0.3) is 0 Å². The lowest BCUT2D eigenvalue weighted by Gasteiger charge is -2.16. The maximum Gasteiger partial charge on any atom is 0.236 e. The van der Waals surface area contributed by atoms with E-state index in [9.17, 15) is 4.79 Å². The summed E-state index contributed by atoms with van der Waals surface area (Å²) in [6.07, 6.45) is 3.63. The molecule has 0 saturated carbocycles. The Morgan fingerprint density at radius 3 is 2.77 bits per heavy atom. The van der Waals surface area contributed by atoms with Crippen molar-refractivity contribution >= 4 is 11.6 Å². The molecule has 7 nitrogen and oxygen atoms in total. The quantitative estimate of drug-likeness (QED) is 0.666. The van der Waals surface area contributed by atoms with Crippen LogP contribution in [0.1, 0.15) is 49.9 Å². The van der Waals surface area contributed by atoms with E-state index in [-0.39, 0.29) is 12.0 Å². The molecule has 2 aromatic heterocycles. The van der Waals surface area contributed by atoms with E-state index in [2.05, 4.69) is 11.1 Å². The minimum absolute atomic E-state index is 0.0828. The number of carbonyl (C=O) groups excluding carboxylic acids is 1. The third-order valence-electron chi connectivity index (χ3n) is 6.18. The van der Waals surface area contributed by atoms with E-state index in [1.807, 2.05) is 56.8 Å². The summed E-state index contributed by atoms with van der Waals surface area (Å²) in [5.41, 5.74) is 4.05. The zero-order valence-corrected chi connectivity index (χ0v) is 17.7. The van der Waals surface area contributed by atoms with E-state index in [1.165, 1.54) is 0 Å². The standard InChI is InChI=1S/C23H25N5O2/c1-14-17(7-5-11-24-14)28-21(25-20(26-28)19-8-6-12-30-19)15-9-10-18-16(13-15)23(2,3)22(29)27(18)4/h5,7,9-11,13,19H,6,8,12H2,1-4H3. The highest BCUT2D eigenvalue weighted by Gasteiger charge is 2.42. The fraction of sp³-hybridized carbons (Fsp3) is 0.391. The van der Waals surface area contributed by atoms with Gasteiger partial charge in [-0.05, 0) is 69.5 Å². The highest BCUT2D eigenvalue weighted by Crippen LogP contribution is 2.42. The summed E-state index contributed by atoms with van der Waals surface area (Å²) < 4.78 is 7.69. The van der Waals surface area contributed by atoms with Gasteiger partial charge in [-0.15, -0.1) is 5.10 Å². The highest BCUT2D eigenvalue weighted by molar-refractivity contribution is 6.07. The van der Waals surface area contributed by atoms with Crippen LogP contribution in [-0.4, -0.2) is 39.3 Å². The molecular formula is C23H25N5O2. The molecule has 0 radical (unpaired) electrons. The van der Waals surface area contributed by atoms with E-state index >= 15 is 0 Å². The van der Waals surface area contributed by atoms with Gasteiger partial charge in [-0.25, -0.2) is 9.67 Å². The van der Waals surface area contributed by atoms with Crippen LogP contribution in [-0.2, 0) is 14.9 Å². The van der Waals surface area contributed by atoms with E-state index in [1.54, 1.807) is 11.1 Å². The monoisotopic (exact) mass is 403 g/mol. The second kappa shape index (κ2) is 6.74. The molecule has 7 heteroatoms. The zero-order valence-electron chi connectivity index (χ0n) is 17.7. The van der Waals surface area contributed by atoms with Crippen molar-refractivity contribution in [3.05, 3.63) is 53.6 Å². The number of rotatable bonds is 3. The molecule has 30 heavy (non-hydrogen) atoms.